The standard InChI is InChI=1S/C25H25N3O3S/c1-15-9-10-19-21(13-26)24(32-22(19)11-15)27-23(29)14-31-25(30)20-12-16(2)28(17(20)3)18-7-5-4-6-8-18/h4-8,12,15H,9-11,14H2,1-3H3,(H,27,29). The summed E-state index contributed by atoms with van der Waals surface area (Å²) in [5.74, 6) is -0.416. The Hall–Kier alpha value is -3.37. The maximum Gasteiger partial charge on any atom is 0.340 e. The van der Waals surface area contributed by atoms with Crippen molar-refractivity contribution in [1.82, 2.24) is 4.57 Å². The molecule has 1 atom stereocenters. The Kier molecular flexibility index (Phi) is 6.15. The third kappa shape index (κ3) is 4.19. The average Bonchev–Trinajstić information content (AvgIpc) is 3.27. The monoisotopic (exact) mass is 447 g/mol. The van der Waals surface area contributed by atoms with Gasteiger partial charge in [0, 0.05) is 22.0 Å². The van der Waals surface area contributed by atoms with Gasteiger partial charge in [0.05, 0.1) is 11.1 Å². The number of carbonyl (C=O) groups is 2. The normalized spacial score (nSPS) is 15.0. The fraction of sp³-hybridized carbons (Fsp3) is 0.320. The number of aromatic nitrogens is 1. The largest absolute Gasteiger partial charge is 0.452 e. The van der Waals surface area contributed by atoms with Crippen molar-refractivity contribution >= 4 is 28.2 Å². The number of nitriles is 1. The first-order valence-corrected chi connectivity index (χ1v) is 11.5. The number of anilines is 1. The minimum Gasteiger partial charge on any atom is -0.452 e. The molecule has 1 N–H and O–H groups in total. The molecule has 7 heteroatoms. The molecular formula is C25H25N3O3S. The number of esters is 1. The van der Waals surface area contributed by atoms with Crippen LogP contribution >= 0.6 is 11.3 Å². The minimum atomic E-state index is -0.546. The number of carbonyl (C=O) groups excluding carboxylic acids is 2. The van der Waals surface area contributed by atoms with E-state index < -0.39 is 18.5 Å². The number of ether oxygens (including phenoxy) is 1. The maximum absolute atomic E-state index is 12.7. The predicted molar refractivity (Wildman–Crippen MR) is 124 cm³/mol. The maximum atomic E-state index is 12.7. The molecular weight excluding hydrogens is 422 g/mol. The second kappa shape index (κ2) is 9.01. The van der Waals surface area contributed by atoms with Crippen LogP contribution in [0.1, 0.15) is 51.1 Å². The third-order valence-electron chi connectivity index (χ3n) is 5.88. The first-order chi connectivity index (χ1) is 15.4. The summed E-state index contributed by atoms with van der Waals surface area (Å²) in [6.45, 7) is 5.57. The fourth-order valence-corrected chi connectivity index (χ4v) is 5.65. The molecule has 1 aliphatic carbocycles. The Morgan fingerprint density at radius 1 is 1.28 bits per heavy atom. The Labute approximate surface area is 191 Å². The molecule has 0 spiro atoms. The van der Waals surface area contributed by atoms with Gasteiger partial charge in [0.25, 0.3) is 5.91 Å². The number of aryl methyl sites for hydroxylation is 1. The first-order valence-electron chi connectivity index (χ1n) is 10.6. The van der Waals surface area contributed by atoms with E-state index in [-0.39, 0.29) is 0 Å². The molecule has 3 aromatic rings. The number of rotatable bonds is 5. The van der Waals surface area contributed by atoms with Gasteiger partial charge in [0.15, 0.2) is 6.61 Å². The smallest absolute Gasteiger partial charge is 0.340 e. The highest BCUT2D eigenvalue weighted by Crippen LogP contribution is 2.39. The zero-order valence-corrected chi connectivity index (χ0v) is 19.2. The van der Waals surface area contributed by atoms with Gasteiger partial charge >= 0.3 is 5.97 Å². The molecule has 0 saturated carbocycles. The minimum absolute atomic E-state index is 0.405. The number of nitrogens with one attached hydrogen (secondary N) is 1. The number of para-hydroxylation sites is 1. The summed E-state index contributed by atoms with van der Waals surface area (Å²) in [5.41, 5.74) is 4.64. The van der Waals surface area contributed by atoms with Gasteiger partial charge in [-0.2, -0.15) is 5.26 Å². The summed E-state index contributed by atoms with van der Waals surface area (Å²) in [6.07, 6.45) is 2.83. The van der Waals surface area contributed by atoms with E-state index in [2.05, 4.69) is 18.3 Å². The van der Waals surface area contributed by atoms with E-state index in [1.54, 1.807) is 6.07 Å². The van der Waals surface area contributed by atoms with Crippen LogP contribution in [-0.4, -0.2) is 23.1 Å². The van der Waals surface area contributed by atoms with E-state index in [1.807, 2.05) is 48.7 Å². The lowest BCUT2D eigenvalue weighted by atomic mass is 9.89. The Balaban J connectivity index is 1.44. The number of benzene rings is 1. The number of amides is 1. The summed E-state index contributed by atoms with van der Waals surface area (Å²) in [7, 11) is 0. The van der Waals surface area contributed by atoms with Crippen molar-refractivity contribution in [2.24, 2.45) is 5.92 Å². The quantitative estimate of drug-likeness (QED) is 0.561. The van der Waals surface area contributed by atoms with E-state index in [1.165, 1.54) is 16.2 Å². The summed E-state index contributed by atoms with van der Waals surface area (Å²) in [5, 5.41) is 12.9. The highest BCUT2D eigenvalue weighted by atomic mass is 32.1. The Morgan fingerprint density at radius 3 is 2.75 bits per heavy atom. The number of thiophene rings is 1. The van der Waals surface area contributed by atoms with Crippen LogP contribution in [0, 0.1) is 31.1 Å². The Bertz CT molecular complexity index is 1220. The van der Waals surface area contributed by atoms with Gasteiger partial charge in [-0.05, 0) is 62.8 Å². The van der Waals surface area contributed by atoms with Gasteiger partial charge in [-0.1, -0.05) is 25.1 Å². The van der Waals surface area contributed by atoms with Crippen LogP contribution in [0.4, 0.5) is 5.00 Å². The summed E-state index contributed by atoms with van der Waals surface area (Å²) in [4.78, 5) is 26.3. The molecule has 0 radical (unpaired) electrons. The molecule has 4 rings (SSSR count). The Morgan fingerprint density at radius 2 is 2.03 bits per heavy atom. The van der Waals surface area contributed by atoms with Crippen LogP contribution < -0.4 is 5.32 Å². The molecule has 2 heterocycles. The molecule has 0 saturated heterocycles. The molecule has 1 amide bonds. The van der Waals surface area contributed by atoms with Gasteiger partial charge in [-0.3, -0.25) is 4.79 Å². The van der Waals surface area contributed by atoms with Crippen molar-refractivity contribution in [2.45, 2.75) is 40.0 Å². The topological polar surface area (TPSA) is 84.1 Å². The molecule has 0 fully saturated rings. The van der Waals surface area contributed by atoms with Crippen molar-refractivity contribution in [2.75, 3.05) is 11.9 Å². The molecule has 1 unspecified atom stereocenters. The van der Waals surface area contributed by atoms with Gasteiger partial charge in [0.1, 0.15) is 11.1 Å². The number of fused-ring (bicyclic) bond motifs is 1. The van der Waals surface area contributed by atoms with Crippen molar-refractivity contribution in [1.29, 1.82) is 5.26 Å². The zero-order valence-electron chi connectivity index (χ0n) is 18.4. The summed E-state index contributed by atoms with van der Waals surface area (Å²) < 4.78 is 7.28. The van der Waals surface area contributed by atoms with Gasteiger partial charge in [-0.25, -0.2) is 4.79 Å². The van der Waals surface area contributed by atoms with Crippen LogP contribution in [0.2, 0.25) is 0 Å². The van der Waals surface area contributed by atoms with E-state index in [9.17, 15) is 14.9 Å². The number of nitrogens with zero attached hydrogens (tertiary/aromatic N) is 2. The average molecular weight is 448 g/mol. The van der Waals surface area contributed by atoms with Gasteiger partial charge in [-0.15, -0.1) is 11.3 Å². The van der Waals surface area contributed by atoms with Crippen LogP contribution in [0.15, 0.2) is 36.4 Å². The molecule has 32 heavy (non-hydrogen) atoms. The van der Waals surface area contributed by atoms with Crippen LogP contribution in [-0.2, 0) is 22.4 Å². The van der Waals surface area contributed by atoms with Crippen LogP contribution in [0.25, 0.3) is 5.69 Å². The van der Waals surface area contributed by atoms with Crippen molar-refractivity contribution in [3.8, 4) is 11.8 Å². The first kappa shape index (κ1) is 21.8. The molecule has 0 aliphatic heterocycles. The molecule has 0 bridgehead atoms. The molecule has 1 aromatic carbocycles. The lowest BCUT2D eigenvalue weighted by molar-refractivity contribution is -0.119. The summed E-state index contributed by atoms with van der Waals surface area (Å²) >= 11 is 1.46. The second-order valence-electron chi connectivity index (χ2n) is 8.25. The van der Waals surface area contributed by atoms with Crippen molar-refractivity contribution in [3.63, 3.8) is 0 Å². The van der Waals surface area contributed by atoms with Gasteiger partial charge < -0.3 is 14.6 Å². The third-order valence-corrected chi connectivity index (χ3v) is 7.05. The van der Waals surface area contributed by atoms with Gasteiger partial charge in [0.2, 0.25) is 0 Å². The molecule has 2 aromatic heterocycles. The number of hydrogen-bond donors (Lipinski definition) is 1. The zero-order chi connectivity index (χ0) is 22.8. The SMILES string of the molecule is Cc1cc(C(=O)OCC(=O)Nc2sc3c(c2C#N)CCC(C)C3)c(C)n1-c1ccccc1. The van der Waals surface area contributed by atoms with E-state index in [4.69, 9.17) is 4.74 Å². The predicted octanol–water partition coefficient (Wildman–Crippen LogP) is 4.95. The van der Waals surface area contributed by atoms with E-state index >= 15 is 0 Å². The van der Waals surface area contributed by atoms with Crippen molar-refractivity contribution < 1.29 is 14.3 Å². The number of hydrogen-bond acceptors (Lipinski definition) is 5. The lowest BCUT2D eigenvalue weighted by Gasteiger charge is -2.17. The molecule has 164 valence electrons. The molecule has 1 aliphatic rings. The highest BCUT2D eigenvalue weighted by Gasteiger charge is 2.25. The molecule has 6 nitrogen and oxygen atoms in total. The van der Waals surface area contributed by atoms with E-state index in [0.717, 1.165) is 41.9 Å². The highest BCUT2D eigenvalue weighted by molar-refractivity contribution is 7.16. The fourth-order valence-electron chi connectivity index (χ4n) is 4.27. The van der Waals surface area contributed by atoms with E-state index in [0.29, 0.717) is 22.0 Å². The van der Waals surface area contributed by atoms with Crippen LogP contribution in [0.5, 0.6) is 0 Å². The van der Waals surface area contributed by atoms with Crippen LogP contribution in [0.3, 0.4) is 0 Å². The van der Waals surface area contributed by atoms with Crippen molar-refractivity contribution in [3.05, 3.63) is 69.4 Å². The summed E-state index contributed by atoms with van der Waals surface area (Å²) in [6, 6.07) is 13.8. The second-order valence-corrected chi connectivity index (χ2v) is 9.35. The lowest BCUT2D eigenvalue weighted by Crippen LogP contribution is -2.21.